The number of carbonyl (C=O) groups is 1. The molecular formula is C13H13N5OS. The van der Waals surface area contributed by atoms with Crippen LogP contribution in [0.5, 0.6) is 0 Å². The van der Waals surface area contributed by atoms with E-state index >= 15 is 0 Å². The summed E-state index contributed by atoms with van der Waals surface area (Å²) in [6.45, 7) is 2.05. The second kappa shape index (κ2) is 5.38. The van der Waals surface area contributed by atoms with E-state index in [2.05, 4.69) is 25.5 Å². The molecule has 0 radical (unpaired) electrons. The van der Waals surface area contributed by atoms with Gasteiger partial charge in [0.05, 0.1) is 15.7 Å². The van der Waals surface area contributed by atoms with Gasteiger partial charge in [-0.25, -0.2) is 9.97 Å². The minimum atomic E-state index is -0.313. The average Bonchev–Trinajstić information content (AvgIpc) is 3.07. The lowest BCUT2D eigenvalue weighted by Gasteiger charge is -2.01. The Hall–Kier alpha value is -2.28. The van der Waals surface area contributed by atoms with Gasteiger partial charge in [-0.1, -0.05) is 6.92 Å². The Bertz CT molecular complexity index is 748. The molecule has 102 valence electrons. The van der Waals surface area contributed by atoms with Gasteiger partial charge in [-0.05, 0) is 24.6 Å². The number of hydrogen-bond donors (Lipinski definition) is 2. The Morgan fingerprint density at radius 2 is 2.35 bits per heavy atom. The van der Waals surface area contributed by atoms with E-state index in [0.29, 0.717) is 5.69 Å². The predicted octanol–water partition coefficient (Wildman–Crippen LogP) is 2.62. The molecule has 2 N–H and O–H groups in total. The fourth-order valence-electron chi connectivity index (χ4n) is 1.87. The van der Waals surface area contributed by atoms with E-state index in [-0.39, 0.29) is 11.7 Å². The minimum Gasteiger partial charge on any atom is -0.319 e. The van der Waals surface area contributed by atoms with Crippen molar-refractivity contribution in [3.8, 4) is 0 Å². The number of hydrogen-bond acceptors (Lipinski definition) is 5. The molecule has 7 heteroatoms. The first-order valence-corrected chi connectivity index (χ1v) is 7.20. The summed E-state index contributed by atoms with van der Waals surface area (Å²) in [6.07, 6.45) is 1.74. The second-order valence-electron chi connectivity index (χ2n) is 4.34. The van der Waals surface area contributed by atoms with Gasteiger partial charge < -0.3 is 5.32 Å². The number of benzene rings is 1. The van der Waals surface area contributed by atoms with Crippen LogP contribution < -0.4 is 5.32 Å². The maximum absolute atomic E-state index is 12.0. The van der Waals surface area contributed by atoms with Crippen molar-refractivity contribution in [1.29, 1.82) is 0 Å². The lowest BCUT2D eigenvalue weighted by molar-refractivity contribution is 0.101. The van der Waals surface area contributed by atoms with Crippen molar-refractivity contribution in [3.05, 3.63) is 35.4 Å². The number of fused-ring (bicyclic) bond motifs is 1. The normalized spacial score (nSPS) is 10.8. The zero-order valence-corrected chi connectivity index (χ0v) is 11.7. The SMILES string of the molecule is CCCc1nc(C(=O)Nc2ccc3ncsc3c2)n[nH]1. The molecule has 0 atom stereocenters. The zero-order chi connectivity index (χ0) is 13.9. The average molecular weight is 287 g/mol. The summed E-state index contributed by atoms with van der Waals surface area (Å²) in [7, 11) is 0. The van der Waals surface area contributed by atoms with Crippen LogP contribution in [0, 0.1) is 0 Å². The highest BCUT2D eigenvalue weighted by atomic mass is 32.1. The molecule has 1 aromatic carbocycles. The topological polar surface area (TPSA) is 83.6 Å². The molecule has 0 aliphatic rings. The van der Waals surface area contributed by atoms with Crippen LogP contribution in [0.2, 0.25) is 0 Å². The van der Waals surface area contributed by atoms with Gasteiger partial charge in [0, 0.05) is 12.1 Å². The Morgan fingerprint density at radius 1 is 1.45 bits per heavy atom. The second-order valence-corrected chi connectivity index (χ2v) is 5.23. The van der Waals surface area contributed by atoms with Crippen molar-refractivity contribution in [2.24, 2.45) is 0 Å². The van der Waals surface area contributed by atoms with E-state index in [1.807, 2.05) is 25.1 Å². The number of carbonyl (C=O) groups excluding carboxylic acids is 1. The number of aromatic nitrogens is 4. The smallest absolute Gasteiger partial charge is 0.295 e. The number of anilines is 1. The molecule has 1 amide bonds. The first-order chi connectivity index (χ1) is 9.76. The molecule has 6 nitrogen and oxygen atoms in total. The lowest BCUT2D eigenvalue weighted by Crippen LogP contribution is -2.13. The Balaban J connectivity index is 1.76. The number of amides is 1. The minimum absolute atomic E-state index is 0.165. The molecule has 3 rings (SSSR count). The summed E-state index contributed by atoms with van der Waals surface area (Å²) in [4.78, 5) is 20.4. The van der Waals surface area contributed by atoms with Crippen LogP contribution in [0.25, 0.3) is 10.2 Å². The standard InChI is InChI=1S/C13H13N5OS/c1-2-3-11-16-12(18-17-11)13(19)15-8-4-5-9-10(6-8)20-7-14-9/h4-7H,2-3H2,1H3,(H,15,19)(H,16,17,18). The van der Waals surface area contributed by atoms with Gasteiger partial charge in [-0.3, -0.25) is 9.89 Å². The number of rotatable bonds is 4. The number of nitrogens with zero attached hydrogens (tertiary/aromatic N) is 3. The molecule has 0 aliphatic heterocycles. The van der Waals surface area contributed by atoms with Gasteiger partial charge in [-0.2, -0.15) is 0 Å². The largest absolute Gasteiger partial charge is 0.319 e. The van der Waals surface area contributed by atoms with Gasteiger partial charge in [0.25, 0.3) is 5.91 Å². The molecule has 0 saturated heterocycles. The lowest BCUT2D eigenvalue weighted by atomic mass is 10.3. The maximum Gasteiger partial charge on any atom is 0.295 e. The fraction of sp³-hybridized carbons (Fsp3) is 0.231. The first kappa shape index (κ1) is 12.7. The van der Waals surface area contributed by atoms with Crippen molar-refractivity contribution in [2.45, 2.75) is 19.8 Å². The van der Waals surface area contributed by atoms with Crippen LogP contribution >= 0.6 is 11.3 Å². The van der Waals surface area contributed by atoms with Gasteiger partial charge in [0.1, 0.15) is 5.82 Å². The van der Waals surface area contributed by atoms with Crippen LogP contribution in [0.3, 0.4) is 0 Å². The van der Waals surface area contributed by atoms with Crippen LogP contribution in [0.1, 0.15) is 29.8 Å². The highest BCUT2D eigenvalue weighted by molar-refractivity contribution is 7.16. The highest BCUT2D eigenvalue weighted by Crippen LogP contribution is 2.21. The van der Waals surface area contributed by atoms with Gasteiger partial charge in [-0.15, -0.1) is 16.4 Å². The van der Waals surface area contributed by atoms with Crippen LogP contribution in [-0.2, 0) is 6.42 Å². The predicted molar refractivity (Wildman–Crippen MR) is 78.0 cm³/mol. The number of nitrogens with one attached hydrogen (secondary N) is 2. The van der Waals surface area contributed by atoms with Crippen molar-refractivity contribution < 1.29 is 4.79 Å². The summed E-state index contributed by atoms with van der Waals surface area (Å²) < 4.78 is 1.03. The first-order valence-electron chi connectivity index (χ1n) is 6.32. The van der Waals surface area contributed by atoms with Crippen molar-refractivity contribution in [3.63, 3.8) is 0 Å². The Labute approximate surface area is 119 Å². The molecular weight excluding hydrogens is 274 g/mol. The molecule has 0 bridgehead atoms. The third-order valence-electron chi connectivity index (χ3n) is 2.81. The van der Waals surface area contributed by atoms with Gasteiger partial charge in [0.15, 0.2) is 0 Å². The summed E-state index contributed by atoms with van der Waals surface area (Å²) in [5, 5.41) is 9.48. The summed E-state index contributed by atoms with van der Waals surface area (Å²) in [5.74, 6) is 0.584. The van der Waals surface area contributed by atoms with E-state index < -0.39 is 0 Å². The summed E-state index contributed by atoms with van der Waals surface area (Å²) in [6, 6.07) is 5.59. The van der Waals surface area contributed by atoms with Crippen LogP contribution in [0.15, 0.2) is 23.7 Å². The van der Waals surface area contributed by atoms with Crippen molar-refractivity contribution >= 4 is 33.1 Å². The van der Waals surface area contributed by atoms with Crippen LogP contribution in [0.4, 0.5) is 5.69 Å². The Morgan fingerprint density at radius 3 is 3.20 bits per heavy atom. The van der Waals surface area contributed by atoms with E-state index in [9.17, 15) is 4.79 Å². The fourth-order valence-corrected chi connectivity index (χ4v) is 2.58. The molecule has 2 aromatic heterocycles. The van der Waals surface area contributed by atoms with Crippen molar-refractivity contribution in [2.75, 3.05) is 5.32 Å². The Kier molecular flexibility index (Phi) is 3.42. The number of H-pyrrole nitrogens is 1. The molecule has 0 fully saturated rings. The van der Waals surface area contributed by atoms with E-state index in [1.165, 1.54) is 11.3 Å². The molecule has 0 aliphatic carbocycles. The maximum atomic E-state index is 12.0. The number of aromatic amines is 1. The zero-order valence-electron chi connectivity index (χ0n) is 10.9. The summed E-state index contributed by atoms with van der Waals surface area (Å²) >= 11 is 1.54. The van der Waals surface area contributed by atoms with E-state index in [0.717, 1.165) is 28.9 Å². The number of aryl methyl sites for hydroxylation is 1. The van der Waals surface area contributed by atoms with Crippen molar-refractivity contribution in [1.82, 2.24) is 20.2 Å². The van der Waals surface area contributed by atoms with E-state index in [4.69, 9.17) is 0 Å². The molecule has 0 spiro atoms. The van der Waals surface area contributed by atoms with Crippen LogP contribution in [-0.4, -0.2) is 26.1 Å². The molecule has 3 aromatic rings. The van der Waals surface area contributed by atoms with E-state index in [1.54, 1.807) is 5.51 Å². The third kappa shape index (κ3) is 2.53. The highest BCUT2D eigenvalue weighted by Gasteiger charge is 2.12. The van der Waals surface area contributed by atoms with Gasteiger partial charge in [0.2, 0.25) is 5.82 Å². The third-order valence-corrected chi connectivity index (χ3v) is 3.60. The molecule has 0 unspecified atom stereocenters. The molecule has 0 saturated carbocycles. The summed E-state index contributed by atoms with van der Waals surface area (Å²) in [5.41, 5.74) is 3.42. The molecule has 20 heavy (non-hydrogen) atoms. The number of thiazole rings is 1. The molecule has 2 heterocycles. The monoisotopic (exact) mass is 287 g/mol. The van der Waals surface area contributed by atoms with Gasteiger partial charge >= 0.3 is 0 Å². The quantitative estimate of drug-likeness (QED) is 0.772.